The maximum atomic E-state index is 13.2. The molecule has 3 aromatic rings. The minimum absolute atomic E-state index is 0.0119. The molecule has 2 atom stereocenters. The molecular weight excluding hydrogens is 456 g/mol. The molecule has 2 N–H and O–H groups in total. The molecule has 1 aliphatic carbocycles. The predicted molar refractivity (Wildman–Crippen MR) is 142 cm³/mol. The lowest BCUT2D eigenvalue weighted by Gasteiger charge is -2.36. The number of carbonyl (C=O) groups is 1. The van der Waals surface area contributed by atoms with Crippen molar-refractivity contribution in [3.63, 3.8) is 0 Å². The molecule has 5 nitrogen and oxygen atoms in total. The van der Waals surface area contributed by atoms with Gasteiger partial charge in [0.2, 0.25) is 0 Å². The molecule has 2 aromatic carbocycles. The number of methoxy groups -OCH3 is 1. The normalized spacial score (nSPS) is 19.3. The number of nitrogens with one attached hydrogen (secondary N) is 2. The largest absolute Gasteiger partial charge is 0.493 e. The number of hydrogen-bond acceptors (Lipinski definition) is 5. The Balaban J connectivity index is 1.35. The fourth-order valence-electron chi connectivity index (χ4n) is 5.14. The van der Waals surface area contributed by atoms with Gasteiger partial charge < -0.3 is 20.1 Å². The second kappa shape index (κ2) is 9.57. The van der Waals surface area contributed by atoms with Crippen LogP contribution in [0.4, 0.5) is 5.00 Å². The maximum absolute atomic E-state index is 13.2. The number of hydrogen-bond donors (Lipinski definition) is 2. The second-order valence-electron chi connectivity index (χ2n) is 10.2. The summed E-state index contributed by atoms with van der Waals surface area (Å²) in [6.45, 7) is 7.49. The fraction of sp³-hybridized carbons (Fsp3) is 0.414. The van der Waals surface area contributed by atoms with E-state index in [1.165, 1.54) is 16.9 Å². The highest BCUT2D eigenvalue weighted by atomic mass is 32.1. The molecule has 5 rings (SSSR count). The average Bonchev–Trinajstić information content (AvgIpc) is 3.26. The first kappa shape index (κ1) is 23.7. The van der Waals surface area contributed by atoms with Gasteiger partial charge in [-0.15, -0.1) is 11.3 Å². The summed E-state index contributed by atoms with van der Waals surface area (Å²) < 4.78 is 11.6. The van der Waals surface area contributed by atoms with E-state index in [1.54, 1.807) is 18.4 Å². The van der Waals surface area contributed by atoms with Gasteiger partial charge in [0.25, 0.3) is 5.91 Å². The first-order chi connectivity index (χ1) is 16.9. The van der Waals surface area contributed by atoms with Crippen molar-refractivity contribution in [3.05, 3.63) is 75.7 Å². The minimum atomic E-state index is -0.310. The Hall–Kier alpha value is -2.99. The Bertz CT molecular complexity index is 1220. The zero-order valence-corrected chi connectivity index (χ0v) is 21.8. The van der Waals surface area contributed by atoms with Crippen molar-refractivity contribution in [2.24, 2.45) is 11.3 Å². The Labute approximate surface area is 211 Å². The lowest BCUT2D eigenvalue weighted by Crippen LogP contribution is -2.38. The molecule has 6 heteroatoms. The number of ether oxygens (including phenoxy) is 2. The molecule has 2 heterocycles. The van der Waals surface area contributed by atoms with Crippen LogP contribution >= 0.6 is 11.3 Å². The highest BCUT2D eigenvalue weighted by Crippen LogP contribution is 2.47. The molecule has 2 aliphatic rings. The molecule has 0 saturated heterocycles. The Morgan fingerprint density at radius 3 is 2.63 bits per heavy atom. The van der Waals surface area contributed by atoms with Crippen LogP contribution in [0.5, 0.6) is 11.5 Å². The molecule has 0 saturated carbocycles. The number of benzene rings is 2. The average molecular weight is 491 g/mol. The summed E-state index contributed by atoms with van der Waals surface area (Å²) in [5.41, 5.74) is 4.45. The molecule has 1 amide bonds. The van der Waals surface area contributed by atoms with Crippen LogP contribution in [-0.2, 0) is 19.4 Å². The van der Waals surface area contributed by atoms with Gasteiger partial charge in [0.15, 0.2) is 11.5 Å². The van der Waals surface area contributed by atoms with Gasteiger partial charge in [0, 0.05) is 4.88 Å². The van der Waals surface area contributed by atoms with Crippen molar-refractivity contribution in [3.8, 4) is 11.5 Å². The molecule has 0 spiro atoms. The van der Waals surface area contributed by atoms with Gasteiger partial charge >= 0.3 is 0 Å². The Morgan fingerprint density at radius 1 is 1.09 bits per heavy atom. The van der Waals surface area contributed by atoms with Crippen molar-refractivity contribution in [2.45, 2.75) is 59.2 Å². The van der Waals surface area contributed by atoms with Gasteiger partial charge in [0.1, 0.15) is 17.8 Å². The number of thiophene rings is 1. The first-order valence-electron chi connectivity index (χ1n) is 12.5. The third-order valence-corrected chi connectivity index (χ3v) is 9.00. The Kier molecular flexibility index (Phi) is 6.49. The minimum Gasteiger partial charge on any atom is -0.493 e. The summed E-state index contributed by atoms with van der Waals surface area (Å²) >= 11 is 1.76. The predicted octanol–water partition coefficient (Wildman–Crippen LogP) is 6.73. The molecule has 0 fully saturated rings. The van der Waals surface area contributed by atoms with Gasteiger partial charge in [-0.2, -0.15) is 0 Å². The summed E-state index contributed by atoms with van der Waals surface area (Å²) in [6, 6.07) is 15.9. The number of anilines is 1. The summed E-state index contributed by atoms with van der Waals surface area (Å²) in [5.74, 6) is 2.00. The number of rotatable bonds is 7. The van der Waals surface area contributed by atoms with Gasteiger partial charge in [-0.25, -0.2) is 0 Å². The third kappa shape index (κ3) is 4.64. The molecule has 0 bridgehead atoms. The summed E-state index contributed by atoms with van der Waals surface area (Å²) in [4.78, 5) is 14.6. The molecule has 184 valence electrons. The molecule has 35 heavy (non-hydrogen) atoms. The lowest BCUT2D eigenvalue weighted by atomic mass is 9.69. The second-order valence-corrected chi connectivity index (χ2v) is 11.3. The summed E-state index contributed by atoms with van der Waals surface area (Å²) in [6.07, 6.45) is 4.06. The van der Waals surface area contributed by atoms with Crippen LogP contribution < -0.4 is 20.1 Å². The summed E-state index contributed by atoms with van der Waals surface area (Å²) in [7, 11) is 1.64. The number of fused-ring (bicyclic) bond motifs is 3. The zero-order valence-electron chi connectivity index (χ0n) is 20.9. The van der Waals surface area contributed by atoms with E-state index in [2.05, 4.69) is 31.4 Å². The molecular formula is C29H34N2O3S. The van der Waals surface area contributed by atoms with E-state index in [0.29, 0.717) is 29.4 Å². The molecule has 1 aliphatic heterocycles. The van der Waals surface area contributed by atoms with Gasteiger partial charge in [-0.05, 0) is 59.4 Å². The van der Waals surface area contributed by atoms with E-state index in [0.717, 1.165) is 41.0 Å². The molecule has 0 radical (unpaired) electrons. The van der Waals surface area contributed by atoms with Crippen molar-refractivity contribution in [1.82, 2.24) is 5.32 Å². The SMILES string of the molecule is CCC(C)(C)[C@@H]1CCc2c(sc3c2C(=O)N[C@@H](c2ccc(OCc4ccccc4)c(OC)c2)N3)C1. The topological polar surface area (TPSA) is 59.6 Å². The van der Waals surface area contributed by atoms with E-state index in [1.807, 2.05) is 48.5 Å². The first-order valence-corrected chi connectivity index (χ1v) is 13.3. The number of amides is 1. The van der Waals surface area contributed by atoms with Crippen LogP contribution in [0.3, 0.4) is 0 Å². The fourth-order valence-corrected chi connectivity index (χ4v) is 6.49. The van der Waals surface area contributed by atoms with Crippen molar-refractivity contribution < 1.29 is 14.3 Å². The highest BCUT2D eigenvalue weighted by Gasteiger charge is 2.37. The van der Waals surface area contributed by atoms with Crippen molar-refractivity contribution in [2.75, 3.05) is 12.4 Å². The third-order valence-electron chi connectivity index (χ3n) is 7.82. The molecule has 1 aromatic heterocycles. The Morgan fingerprint density at radius 2 is 1.89 bits per heavy atom. The van der Waals surface area contributed by atoms with Crippen LogP contribution in [0.1, 0.15) is 71.7 Å². The standard InChI is InChI=1S/C29H34N2O3S/c1-5-29(2,3)20-12-13-21-24(16-20)35-28-25(21)27(32)30-26(31-28)19-11-14-22(23(15-19)33-4)34-17-18-9-7-6-8-10-18/h6-11,14-15,20,26,31H,5,12-13,16-17H2,1-4H3,(H,30,32)/t20-,26-/m1/s1. The van der Waals surface area contributed by atoms with Crippen LogP contribution in [0, 0.1) is 11.3 Å². The monoisotopic (exact) mass is 490 g/mol. The van der Waals surface area contributed by atoms with Crippen LogP contribution in [0.15, 0.2) is 48.5 Å². The van der Waals surface area contributed by atoms with Crippen LogP contribution in [0.25, 0.3) is 0 Å². The number of carbonyl (C=O) groups excluding carboxylic acids is 1. The van der Waals surface area contributed by atoms with Crippen molar-refractivity contribution in [1.29, 1.82) is 0 Å². The lowest BCUT2D eigenvalue weighted by molar-refractivity contribution is 0.0934. The maximum Gasteiger partial charge on any atom is 0.256 e. The zero-order chi connectivity index (χ0) is 24.6. The quantitative estimate of drug-likeness (QED) is 0.385. The highest BCUT2D eigenvalue weighted by molar-refractivity contribution is 7.16. The van der Waals surface area contributed by atoms with Crippen LogP contribution in [0.2, 0.25) is 0 Å². The van der Waals surface area contributed by atoms with Gasteiger partial charge in [-0.1, -0.05) is 63.6 Å². The van der Waals surface area contributed by atoms with Crippen LogP contribution in [-0.4, -0.2) is 13.0 Å². The van der Waals surface area contributed by atoms with Gasteiger partial charge in [0.05, 0.1) is 12.7 Å². The smallest absolute Gasteiger partial charge is 0.256 e. The van der Waals surface area contributed by atoms with E-state index in [9.17, 15) is 4.79 Å². The van der Waals surface area contributed by atoms with E-state index in [4.69, 9.17) is 9.47 Å². The molecule has 0 unspecified atom stereocenters. The van der Waals surface area contributed by atoms with Crippen molar-refractivity contribution >= 4 is 22.2 Å². The van der Waals surface area contributed by atoms with E-state index < -0.39 is 0 Å². The summed E-state index contributed by atoms with van der Waals surface area (Å²) in [5, 5.41) is 7.74. The van der Waals surface area contributed by atoms with E-state index in [-0.39, 0.29) is 12.1 Å². The van der Waals surface area contributed by atoms with Gasteiger partial charge in [-0.3, -0.25) is 4.79 Å². The van der Waals surface area contributed by atoms with E-state index >= 15 is 0 Å².